The number of rotatable bonds is 5. The Morgan fingerprint density at radius 1 is 1.21 bits per heavy atom. The van der Waals surface area contributed by atoms with Crippen LogP contribution in [0.3, 0.4) is 0 Å². The van der Waals surface area contributed by atoms with E-state index in [1.165, 1.54) is 12.1 Å². The van der Waals surface area contributed by atoms with Crippen molar-refractivity contribution in [1.29, 1.82) is 5.26 Å². The number of hydrogen-bond acceptors (Lipinski definition) is 5. The number of nitrogens with one attached hydrogen (secondary N) is 1. The first-order valence-electron chi connectivity index (χ1n) is 8.88. The number of ether oxygens (including phenoxy) is 1. The van der Waals surface area contributed by atoms with Gasteiger partial charge in [-0.1, -0.05) is 18.2 Å². The maximum absolute atomic E-state index is 13.3. The molecule has 29 heavy (non-hydrogen) atoms. The third kappa shape index (κ3) is 5.16. The van der Waals surface area contributed by atoms with E-state index in [2.05, 4.69) is 11.4 Å². The Morgan fingerprint density at radius 3 is 2.41 bits per heavy atom. The zero-order valence-corrected chi connectivity index (χ0v) is 15.8. The fourth-order valence-electron chi connectivity index (χ4n) is 3.28. The predicted octanol–water partition coefficient (Wildman–Crippen LogP) is 2.63. The third-order valence-corrected chi connectivity index (χ3v) is 4.59. The summed E-state index contributed by atoms with van der Waals surface area (Å²) in [6.07, 6.45) is 1.74. The van der Waals surface area contributed by atoms with Crippen LogP contribution in [0.25, 0.3) is 0 Å². The molecule has 0 radical (unpaired) electrons. The Bertz CT molecular complexity index is 912. The monoisotopic (exact) mass is 400 g/mol. The number of fused-ring (bicyclic) bond motifs is 1. The normalized spacial score (nSPS) is 16.9. The lowest BCUT2D eigenvalue weighted by molar-refractivity contribution is -0.159. The Morgan fingerprint density at radius 2 is 1.86 bits per heavy atom. The molecule has 1 aliphatic heterocycles. The van der Waals surface area contributed by atoms with Crippen LogP contribution in [0.2, 0.25) is 0 Å². The van der Waals surface area contributed by atoms with E-state index in [0.29, 0.717) is 12.2 Å². The summed E-state index contributed by atoms with van der Waals surface area (Å²) >= 11 is 0. The molecule has 152 valence electrons. The minimum atomic E-state index is -1.82. The van der Waals surface area contributed by atoms with Crippen molar-refractivity contribution in [3.63, 3.8) is 0 Å². The second-order valence-electron chi connectivity index (χ2n) is 6.42. The molecule has 0 amide bonds. The van der Waals surface area contributed by atoms with Gasteiger partial charge in [0.1, 0.15) is 11.4 Å². The van der Waals surface area contributed by atoms with Crippen molar-refractivity contribution in [3.05, 3.63) is 70.5 Å². The Labute approximate surface area is 167 Å². The summed E-state index contributed by atoms with van der Waals surface area (Å²) in [6, 6.07) is 14.4. The summed E-state index contributed by atoms with van der Waals surface area (Å²) in [7, 11) is 1.92. The van der Waals surface area contributed by atoms with E-state index >= 15 is 0 Å². The molecule has 1 heterocycles. The van der Waals surface area contributed by atoms with Gasteiger partial charge in [0.05, 0.1) is 18.2 Å². The highest BCUT2D eigenvalue weighted by molar-refractivity contribution is 6.27. The van der Waals surface area contributed by atoms with Crippen molar-refractivity contribution >= 4 is 11.9 Å². The predicted molar refractivity (Wildman–Crippen MR) is 102 cm³/mol. The molecule has 1 atom stereocenters. The molecule has 0 spiro atoms. The second-order valence-corrected chi connectivity index (χ2v) is 6.42. The molecule has 2 aromatic rings. The molecule has 7 nitrogen and oxygen atoms in total. The van der Waals surface area contributed by atoms with Gasteiger partial charge in [0.2, 0.25) is 0 Å². The lowest BCUT2D eigenvalue weighted by atomic mass is 9.81. The van der Waals surface area contributed by atoms with Crippen LogP contribution in [0, 0.1) is 17.1 Å². The summed E-state index contributed by atoms with van der Waals surface area (Å²) < 4.78 is 19.5. The van der Waals surface area contributed by atoms with Gasteiger partial charge in [-0.05, 0) is 67.4 Å². The van der Waals surface area contributed by atoms with Gasteiger partial charge in [0.25, 0.3) is 0 Å². The van der Waals surface area contributed by atoms with Gasteiger partial charge < -0.3 is 20.3 Å². The summed E-state index contributed by atoms with van der Waals surface area (Å²) in [5.74, 6) is -3.90. The van der Waals surface area contributed by atoms with E-state index in [9.17, 15) is 4.39 Å². The first-order chi connectivity index (χ1) is 13.8. The number of nitriles is 1. The van der Waals surface area contributed by atoms with Gasteiger partial charge in [-0.15, -0.1) is 0 Å². The molecule has 2 aromatic carbocycles. The van der Waals surface area contributed by atoms with Gasteiger partial charge in [0.15, 0.2) is 0 Å². The van der Waals surface area contributed by atoms with Crippen LogP contribution >= 0.6 is 0 Å². The molecule has 0 saturated carbocycles. The number of carbonyl (C=O) groups is 2. The van der Waals surface area contributed by atoms with E-state index in [1.807, 2.05) is 25.2 Å². The van der Waals surface area contributed by atoms with Crippen molar-refractivity contribution in [2.24, 2.45) is 0 Å². The van der Waals surface area contributed by atoms with Crippen molar-refractivity contribution in [2.45, 2.75) is 25.0 Å². The fourth-order valence-corrected chi connectivity index (χ4v) is 3.28. The molecule has 3 N–H and O–H groups in total. The lowest BCUT2D eigenvalue weighted by Gasteiger charge is -2.30. The molecule has 0 bridgehead atoms. The lowest BCUT2D eigenvalue weighted by Crippen LogP contribution is -2.28. The molecule has 8 heteroatoms. The minimum Gasteiger partial charge on any atom is -0.473 e. The van der Waals surface area contributed by atoms with Crippen LogP contribution in [-0.2, 0) is 26.5 Å². The van der Waals surface area contributed by atoms with Gasteiger partial charge >= 0.3 is 11.9 Å². The maximum atomic E-state index is 13.3. The maximum Gasteiger partial charge on any atom is 0.414 e. The highest BCUT2D eigenvalue weighted by Crippen LogP contribution is 2.45. The van der Waals surface area contributed by atoms with Crippen LogP contribution in [-0.4, -0.2) is 35.7 Å². The summed E-state index contributed by atoms with van der Waals surface area (Å²) in [5.41, 5.74) is 3.15. The summed E-state index contributed by atoms with van der Waals surface area (Å²) in [6.45, 7) is 1.36. The van der Waals surface area contributed by atoms with Gasteiger partial charge in [-0.25, -0.2) is 14.0 Å². The number of halogens is 1. The molecule has 0 saturated heterocycles. The minimum absolute atomic E-state index is 0.253. The first kappa shape index (κ1) is 22.0. The number of nitrogens with zero attached hydrogens (tertiary/aromatic N) is 1. The van der Waals surface area contributed by atoms with Crippen LogP contribution in [0.5, 0.6) is 0 Å². The van der Waals surface area contributed by atoms with Crippen LogP contribution in [0.15, 0.2) is 42.5 Å². The van der Waals surface area contributed by atoms with E-state index in [0.717, 1.165) is 36.1 Å². The SMILES string of the molecule is CNCCCC1(c2ccc(F)cc2)OCc2cc(C#N)ccc21.O=C(O)C(=O)O. The number of carboxylic acid groups (broad SMARTS) is 2. The van der Waals surface area contributed by atoms with Crippen molar-refractivity contribution in [2.75, 3.05) is 13.6 Å². The highest BCUT2D eigenvalue weighted by atomic mass is 19.1. The van der Waals surface area contributed by atoms with Crippen molar-refractivity contribution in [1.82, 2.24) is 5.32 Å². The standard InChI is InChI=1S/C19H19FN2O.C2H2O4/c1-22-10-2-9-19(16-4-6-17(20)7-5-16)18-8-3-14(12-21)11-15(18)13-23-19;3-1(4)2(5)6/h3-8,11,22H,2,9-10,13H2,1H3;(H,3,4)(H,5,6). The number of aliphatic carboxylic acids is 2. The van der Waals surface area contributed by atoms with E-state index in [1.54, 1.807) is 12.1 Å². The quantitative estimate of drug-likeness (QED) is 0.521. The summed E-state index contributed by atoms with van der Waals surface area (Å²) in [5, 5.41) is 27.0. The molecule has 1 unspecified atom stereocenters. The molecule has 0 aliphatic carbocycles. The average Bonchev–Trinajstić information content (AvgIpc) is 3.08. The van der Waals surface area contributed by atoms with Crippen molar-refractivity contribution < 1.29 is 28.9 Å². The molecular weight excluding hydrogens is 379 g/mol. The number of benzene rings is 2. The smallest absolute Gasteiger partial charge is 0.414 e. The highest BCUT2D eigenvalue weighted by Gasteiger charge is 2.41. The molecular formula is C21H21FN2O5. The van der Waals surface area contributed by atoms with E-state index in [4.69, 9.17) is 29.8 Å². The molecule has 0 aromatic heterocycles. The topological polar surface area (TPSA) is 120 Å². The van der Waals surface area contributed by atoms with Crippen LogP contribution in [0.1, 0.15) is 35.1 Å². The van der Waals surface area contributed by atoms with Crippen LogP contribution in [0.4, 0.5) is 4.39 Å². The van der Waals surface area contributed by atoms with Gasteiger partial charge in [-0.3, -0.25) is 0 Å². The van der Waals surface area contributed by atoms with E-state index < -0.39 is 17.5 Å². The molecule has 1 aliphatic rings. The van der Waals surface area contributed by atoms with E-state index in [-0.39, 0.29) is 5.82 Å². The molecule has 0 fully saturated rings. The zero-order chi connectivity index (χ0) is 21.4. The number of carboxylic acids is 2. The largest absolute Gasteiger partial charge is 0.473 e. The Kier molecular flexibility index (Phi) is 7.42. The third-order valence-electron chi connectivity index (χ3n) is 4.59. The fraction of sp³-hybridized carbons (Fsp3) is 0.286. The van der Waals surface area contributed by atoms with Gasteiger partial charge in [0, 0.05) is 0 Å². The molecule has 3 rings (SSSR count). The second kappa shape index (κ2) is 9.78. The number of hydrogen-bond donors (Lipinski definition) is 3. The average molecular weight is 400 g/mol. The van der Waals surface area contributed by atoms with Crippen LogP contribution < -0.4 is 5.32 Å². The summed E-state index contributed by atoms with van der Waals surface area (Å²) in [4.78, 5) is 18.2. The Balaban J connectivity index is 0.000000438. The first-order valence-corrected chi connectivity index (χ1v) is 8.88. The van der Waals surface area contributed by atoms with Gasteiger partial charge in [-0.2, -0.15) is 5.26 Å². The zero-order valence-electron chi connectivity index (χ0n) is 15.8. The van der Waals surface area contributed by atoms with Crippen molar-refractivity contribution in [3.8, 4) is 6.07 Å². The Hall–Kier alpha value is -3.28.